The second-order valence-electron chi connectivity index (χ2n) is 5.06. The van der Waals surface area contributed by atoms with Gasteiger partial charge in [0.25, 0.3) is 0 Å². The average Bonchev–Trinajstić information content (AvgIpc) is 3.06. The molecule has 2 aliphatic rings. The van der Waals surface area contributed by atoms with Crippen molar-refractivity contribution in [3.05, 3.63) is 11.1 Å². The number of rotatable bonds is 6. The van der Waals surface area contributed by atoms with Crippen LogP contribution >= 0.6 is 0 Å². The molecule has 1 N–H and O–H groups in total. The van der Waals surface area contributed by atoms with E-state index in [2.05, 4.69) is 18.7 Å². The Kier molecular flexibility index (Phi) is 3.47. The fraction of sp³-hybridized carbons (Fsp3) is 0.846. The molecule has 1 saturated carbocycles. The predicted molar refractivity (Wildman–Crippen MR) is 62.5 cm³/mol. The third kappa shape index (κ3) is 3.05. The quantitative estimate of drug-likeness (QED) is 0.537. The summed E-state index contributed by atoms with van der Waals surface area (Å²) in [6.45, 7) is 6.58. The molecule has 1 heterocycles. The van der Waals surface area contributed by atoms with Crippen molar-refractivity contribution in [2.24, 2.45) is 5.92 Å². The monoisotopic (exact) mass is 209 g/mol. The molecule has 0 spiro atoms. The summed E-state index contributed by atoms with van der Waals surface area (Å²) < 4.78 is 0. The van der Waals surface area contributed by atoms with Crippen molar-refractivity contribution in [1.29, 1.82) is 0 Å². The molecule has 2 heteroatoms. The summed E-state index contributed by atoms with van der Waals surface area (Å²) in [5, 5.41) is 9.17. The molecule has 0 radical (unpaired) electrons. The molecular weight excluding hydrogens is 186 g/mol. The summed E-state index contributed by atoms with van der Waals surface area (Å²) in [6, 6.07) is 0. The van der Waals surface area contributed by atoms with E-state index in [1.807, 2.05) is 0 Å². The Hall–Kier alpha value is -0.340. The van der Waals surface area contributed by atoms with Gasteiger partial charge in [-0.2, -0.15) is 0 Å². The van der Waals surface area contributed by atoms with Gasteiger partial charge >= 0.3 is 0 Å². The van der Waals surface area contributed by atoms with Crippen LogP contribution in [0.25, 0.3) is 0 Å². The first-order valence-electron chi connectivity index (χ1n) is 6.35. The second kappa shape index (κ2) is 4.67. The van der Waals surface area contributed by atoms with E-state index in [1.54, 1.807) is 11.1 Å². The van der Waals surface area contributed by atoms with Crippen LogP contribution in [0.15, 0.2) is 11.1 Å². The van der Waals surface area contributed by atoms with Crippen LogP contribution in [0.1, 0.15) is 46.0 Å². The Bertz CT molecular complexity index is 259. The molecule has 0 amide bonds. The maximum atomic E-state index is 9.17. The standard InChI is InChI=1S/C13H23NO/c1-3-5-11(12-8-10(12)2)6-4-7-14-9-13(14)15/h10,13,15H,3-9H2,1-2H3/b12-11+. The van der Waals surface area contributed by atoms with Gasteiger partial charge in [-0.3, -0.25) is 4.90 Å². The van der Waals surface area contributed by atoms with Gasteiger partial charge in [-0.25, -0.2) is 0 Å². The zero-order chi connectivity index (χ0) is 10.8. The van der Waals surface area contributed by atoms with Crippen LogP contribution in [0.5, 0.6) is 0 Å². The van der Waals surface area contributed by atoms with Gasteiger partial charge < -0.3 is 5.11 Å². The van der Waals surface area contributed by atoms with Gasteiger partial charge in [0.2, 0.25) is 0 Å². The maximum Gasteiger partial charge on any atom is 0.120 e. The zero-order valence-electron chi connectivity index (χ0n) is 10.00. The first-order chi connectivity index (χ1) is 7.22. The van der Waals surface area contributed by atoms with Gasteiger partial charge in [0.05, 0.1) is 0 Å². The Morgan fingerprint density at radius 3 is 2.60 bits per heavy atom. The number of β-amino-alcohol motifs (C(OH)–C–C–N with tert-alkyl or cyclic N) is 1. The van der Waals surface area contributed by atoms with E-state index < -0.39 is 0 Å². The van der Waals surface area contributed by atoms with E-state index in [1.165, 1.54) is 32.1 Å². The van der Waals surface area contributed by atoms with Crippen molar-refractivity contribution < 1.29 is 5.11 Å². The smallest absolute Gasteiger partial charge is 0.120 e. The minimum Gasteiger partial charge on any atom is -0.377 e. The number of hydrogen-bond acceptors (Lipinski definition) is 2. The number of allylic oxidation sites excluding steroid dienone is 2. The lowest BCUT2D eigenvalue weighted by atomic mass is 10.0. The molecule has 1 aliphatic carbocycles. The van der Waals surface area contributed by atoms with Crippen LogP contribution < -0.4 is 0 Å². The minimum absolute atomic E-state index is 0.118. The average molecular weight is 209 g/mol. The molecule has 1 aliphatic heterocycles. The Morgan fingerprint density at radius 2 is 2.13 bits per heavy atom. The molecule has 0 aromatic heterocycles. The SMILES string of the molecule is CCC/C(CCCN1CC1O)=C1/CC1C. The molecule has 15 heavy (non-hydrogen) atoms. The summed E-state index contributed by atoms with van der Waals surface area (Å²) >= 11 is 0. The Labute approximate surface area is 93.0 Å². The molecule has 2 rings (SSSR count). The van der Waals surface area contributed by atoms with Crippen LogP contribution in [0.4, 0.5) is 0 Å². The Morgan fingerprint density at radius 1 is 1.47 bits per heavy atom. The highest BCUT2D eigenvalue weighted by atomic mass is 16.3. The highest BCUT2D eigenvalue weighted by Gasteiger charge is 2.31. The molecule has 0 aromatic carbocycles. The van der Waals surface area contributed by atoms with Gasteiger partial charge in [-0.1, -0.05) is 31.4 Å². The van der Waals surface area contributed by atoms with E-state index in [9.17, 15) is 5.11 Å². The van der Waals surface area contributed by atoms with Gasteiger partial charge in [0, 0.05) is 13.1 Å². The number of hydrogen-bond donors (Lipinski definition) is 1. The van der Waals surface area contributed by atoms with Crippen molar-refractivity contribution in [3.63, 3.8) is 0 Å². The molecule has 0 aromatic rings. The molecular formula is C13H23NO. The molecule has 1 saturated heterocycles. The van der Waals surface area contributed by atoms with Crippen LogP contribution in [0.3, 0.4) is 0 Å². The highest BCUT2D eigenvalue weighted by Crippen LogP contribution is 2.42. The van der Waals surface area contributed by atoms with Crippen LogP contribution in [0.2, 0.25) is 0 Å². The topological polar surface area (TPSA) is 23.2 Å². The lowest BCUT2D eigenvalue weighted by molar-refractivity contribution is 0.209. The van der Waals surface area contributed by atoms with Gasteiger partial charge in [0.15, 0.2) is 0 Å². The third-order valence-corrected chi connectivity index (χ3v) is 3.58. The van der Waals surface area contributed by atoms with Crippen molar-refractivity contribution in [2.75, 3.05) is 13.1 Å². The van der Waals surface area contributed by atoms with E-state index in [0.29, 0.717) is 0 Å². The Balaban J connectivity index is 1.71. The molecule has 2 fully saturated rings. The summed E-state index contributed by atoms with van der Waals surface area (Å²) in [7, 11) is 0. The summed E-state index contributed by atoms with van der Waals surface area (Å²) in [6.07, 6.45) is 6.29. The fourth-order valence-electron chi connectivity index (χ4n) is 2.41. The second-order valence-corrected chi connectivity index (χ2v) is 5.06. The summed E-state index contributed by atoms with van der Waals surface area (Å²) in [5.74, 6) is 0.873. The summed E-state index contributed by atoms with van der Waals surface area (Å²) in [4.78, 5) is 2.13. The van der Waals surface area contributed by atoms with E-state index >= 15 is 0 Å². The maximum absolute atomic E-state index is 9.17. The minimum atomic E-state index is -0.118. The van der Waals surface area contributed by atoms with Gasteiger partial charge in [-0.15, -0.1) is 0 Å². The highest BCUT2D eigenvalue weighted by molar-refractivity contribution is 5.29. The fourth-order valence-corrected chi connectivity index (χ4v) is 2.41. The number of nitrogens with zero attached hydrogens (tertiary/aromatic N) is 1. The molecule has 3 atom stereocenters. The normalized spacial score (nSPS) is 36.6. The lowest BCUT2D eigenvalue weighted by Gasteiger charge is -2.06. The van der Waals surface area contributed by atoms with E-state index in [-0.39, 0.29) is 6.23 Å². The first kappa shape index (κ1) is 11.2. The van der Waals surface area contributed by atoms with Crippen LogP contribution in [0, 0.1) is 5.92 Å². The molecule has 86 valence electrons. The van der Waals surface area contributed by atoms with Crippen molar-refractivity contribution >= 4 is 0 Å². The van der Waals surface area contributed by atoms with Gasteiger partial charge in [-0.05, 0) is 31.6 Å². The molecule has 3 unspecified atom stereocenters. The van der Waals surface area contributed by atoms with E-state index in [4.69, 9.17) is 0 Å². The number of aliphatic hydroxyl groups is 1. The molecule has 0 bridgehead atoms. The zero-order valence-corrected chi connectivity index (χ0v) is 10.00. The third-order valence-electron chi connectivity index (χ3n) is 3.58. The van der Waals surface area contributed by atoms with Crippen LogP contribution in [-0.4, -0.2) is 29.3 Å². The lowest BCUT2D eigenvalue weighted by Crippen LogP contribution is -2.03. The van der Waals surface area contributed by atoms with Crippen molar-refractivity contribution in [3.8, 4) is 0 Å². The molecule has 2 nitrogen and oxygen atoms in total. The van der Waals surface area contributed by atoms with Crippen molar-refractivity contribution in [2.45, 2.75) is 52.2 Å². The van der Waals surface area contributed by atoms with Gasteiger partial charge in [0.1, 0.15) is 6.23 Å². The van der Waals surface area contributed by atoms with Crippen molar-refractivity contribution in [1.82, 2.24) is 4.90 Å². The number of aliphatic hydroxyl groups excluding tert-OH is 1. The largest absolute Gasteiger partial charge is 0.377 e. The first-order valence-corrected chi connectivity index (χ1v) is 6.35. The van der Waals surface area contributed by atoms with E-state index in [0.717, 1.165) is 19.0 Å². The van der Waals surface area contributed by atoms with Crippen LogP contribution in [-0.2, 0) is 0 Å². The summed E-state index contributed by atoms with van der Waals surface area (Å²) in [5.41, 5.74) is 3.46. The predicted octanol–water partition coefficient (Wildman–Crippen LogP) is 2.54.